The predicted octanol–water partition coefficient (Wildman–Crippen LogP) is 3.76. The lowest BCUT2D eigenvalue weighted by molar-refractivity contribution is 0.460. The summed E-state index contributed by atoms with van der Waals surface area (Å²) in [5.74, 6) is 0. The van der Waals surface area contributed by atoms with Gasteiger partial charge in [-0.25, -0.2) is 0 Å². The molecule has 1 heterocycles. The third-order valence-electron chi connectivity index (χ3n) is 4.74. The van der Waals surface area contributed by atoms with Crippen LogP contribution in [0.4, 0.5) is 0 Å². The van der Waals surface area contributed by atoms with Crippen molar-refractivity contribution in [1.82, 2.24) is 9.78 Å². The van der Waals surface area contributed by atoms with Gasteiger partial charge in [-0.1, -0.05) is 24.5 Å². The lowest BCUT2D eigenvalue weighted by Gasteiger charge is -2.16. The maximum atomic E-state index is 6.31. The first kappa shape index (κ1) is 13.9. The van der Waals surface area contributed by atoms with Gasteiger partial charge in [0, 0.05) is 18.7 Å². The highest BCUT2D eigenvalue weighted by molar-refractivity contribution is 5.09. The molecule has 2 aliphatic rings. The van der Waals surface area contributed by atoms with Gasteiger partial charge in [0.1, 0.15) is 0 Å². The number of hydrogen-bond acceptors (Lipinski definition) is 2. The van der Waals surface area contributed by atoms with E-state index in [4.69, 9.17) is 10.8 Å². The van der Waals surface area contributed by atoms with Crippen LogP contribution in [0.3, 0.4) is 0 Å². The van der Waals surface area contributed by atoms with Gasteiger partial charge in [0.05, 0.1) is 11.7 Å². The van der Waals surface area contributed by atoms with Crippen molar-refractivity contribution in [3.05, 3.63) is 29.6 Å². The fourth-order valence-electron chi connectivity index (χ4n) is 3.63. The SMILES string of the molecule is NC(CC1=CCCCC1)Cc1ccn(C2CCCC2)n1. The van der Waals surface area contributed by atoms with E-state index in [1.807, 2.05) is 0 Å². The van der Waals surface area contributed by atoms with Crippen molar-refractivity contribution >= 4 is 0 Å². The van der Waals surface area contributed by atoms with Gasteiger partial charge in [0.15, 0.2) is 0 Å². The second kappa shape index (κ2) is 6.57. The normalized spacial score (nSPS) is 21.9. The zero-order valence-corrected chi connectivity index (χ0v) is 12.4. The van der Waals surface area contributed by atoms with E-state index in [1.54, 1.807) is 5.57 Å². The van der Waals surface area contributed by atoms with E-state index in [1.165, 1.54) is 57.1 Å². The molecule has 1 aromatic heterocycles. The number of allylic oxidation sites excluding steroid dienone is 1. The van der Waals surface area contributed by atoms with Crippen LogP contribution in [0, 0.1) is 0 Å². The Morgan fingerprint density at radius 1 is 1.20 bits per heavy atom. The summed E-state index contributed by atoms with van der Waals surface area (Å²) in [4.78, 5) is 0. The minimum atomic E-state index is 0.228. The molecule has 0 bridgehead atoms. The van der Waals surface area contributed by atoms with Gasteiger partial charge in [-0.2, -0.15) is 5.10 Å². The first-order valence-electron chi connectivity index (χ1n) is 8.29. The summed E-state index contributed by atoms with van der Waals surface area (Å²) in [7, 11) is 0. The van der Waals surface area contributed by atoms with E-state index in [-0.39, 0.29) is 6.04 Å². The molecular weight excluding hydrogens is 246 g/mol. The van der Waals surface area contributed by atoms with Crippen LogP contribution in [0.5, 0.6) is 0 Å². The quantitative estimate of drug-likeness (QED) is 0.830. The van der Waals surface area contributed by atoms with Crippen LogP contribution in [0.2, 0.25) is 0 Å². The Balaban J connectivity index is 1.53. The molecule has 3 heteroatoms. The molecule has 0 amide bonds. The summed E-state index contributed by atoms with van der Waals surface area (Å²) in [6.45, 7) is 0. The van der Waals surface area contributed by atoms with Crippen molar-refractivity contribution in [3.63, 3.8) is 0 Å². The fraction of sp³-hybridized carbons (Fsp3) is 0.706. The van der Waals surface area contributed by atoms with Gasteiger partial charge in [-0.05, 0) is 51.0 Å². The smallest absolute Gasteiger partial charge is 0.0640 e. The minimum Gasteiger partial charge on any atom is -0.327 e. The highest BCUT2D eigenvalue weighted by atomic mass is 15.3. The second-order valence-electron chi connectivity index (χ2n) is 6.50. The Hall–Kier alpha value is -1.09. The summed E-state index contributed by atoms with van der Waals surface area (Å²) >= 11 is 0. The minimum absolute atomic E-state index is 0.228. The fourth-order valence-corrected chi connectivity index (χ4v) is 3.63. The average Bonchev–Trinajstić information content (AvgIpc) is 3.10. The molecular formula is C17H27N3. The summed E-state index contributed by atoms with van der Waals surface area (Å²) in [5, 5.41) is 4.74. The first-order chi connectivity index (χ1) is 9.81. The van der Waals surface area contributed by atoms with Crippen molar-refractivity contribution in [2.45, 2.75) is 76.3 Å². The van der Waals surface area contributed by atoms with E-state index in [2.05, 4.69) is 23.0 Å². The monoisotopic (exact) mass is 273 g/mol. The van der Waals surface area contributed by atoms with Crippen LogP contribution in [0.1, 0.15) is 69.5 Å². The highest BCUT2D eigenvalue weighted by Crippen LogP contribution is 2.29. The molecule has 1 aromatic rings. The summed E-state index contributed by atoms with van der Waals surface area (Å²) in [5.41, 5.74) is 9.05. The van der Waals surface area contributed by atoms with Gasteiger partial charge >= 0.3 is 0 Å². The molecule has 2 aliphatic carbocycles. The van der Waals surface area contributed by atoms with Crippen LogP contribution in [0.25, 0.3) is 0 Å². The molecule has 3 nitrogen and oxygen atoms in total. The molecule has 1 saturated carbocycles. The zero-order valence-electron chi connectivity index (χ0n) is 12.4. The topological polar surface area (TPSA) is 43.8 Å². The average molecular weight is 273 g/mol. The predicted molar refractivity (Wildman–Crippen MR) is 82.6 cm³/mol. The lowest BCUT2D eigenvalue weighted by atomic mass is 9.93. The molecule has 3 rings (SSSR count). The van der Waals surface area contributed by atoms with Gasteiger partial charge in [-0.15, -0.1) is 0 Å². The third-order valence-corrected chi connectivity index (χ3v) is 4.74. The Labute approximate surface area is 122 Å². The van der Waals surface area contributed by atoms with Crippen molar-refractivity contribution in [2.75, 3.05) is 0 Å². The molecule has 0 aromatic carbocycles. The standard InChI is InChI=1S/C17H27N3/c18-15(12-14-6-2-1-3-7-14)13-16-10-11-20(19-16)17-8-4-5-9-17/h6,10-11,15,17H,1-5,7-9,12-13,18H2. The third kappa shape index (κ3) is 3.51. The van der Waals surface area contributed by atoms with Crippen LogP contribution >= 0.6 is 0 Å². The Bertz CT molecular complexity index is 455. The van der Waals surface area contributed by atoms with Crippen molar-refractivity contribution in [1.29, 1.82) is 0 Å². The van der Waals surface area contributed by atoms with Crippen molar-refractivity contribution in [3.8, 4) is 0 Å². The number of nitrogens with two attached hydrogens (primary N) is 1. The molecule has 0 saturated heterocycles. The van der Waals surface area contributed by atoms with Gasteiger partial charge in [-0.3, -0.25) is 4.68 Å². The molecule has 2 N–H and O–H groups in total. The van der Waals surface area contributed by atoms with E-state index >= 15 is 0 Å². The molecule has 110 valence electrons. The van der Waals surface area contributed by atoms with E-state index in [0.29, 0.717) is 6.04 Å². The van der Waals surface area contributed by atoms with E-state index in [9.17, 15) is 0 Å². The maximum Gasteiger partial charge on any atom is 0.0640 e. The maximum absolute atomic E-state index is 6.31. The molecule has 0 aliphatic heterocycles. The molecule has 0 radical (unpaired) electrons. The summed E-state index contributed by atoms with van der Waals surface area (Å²) < 4.78 is 2.18. The summed E-state index contributed by atoms with van der Waals surface area (Å²) in [6, 6.07) is 3.03. The zero-order chi connectivity index (χ0) is 13.8. The Morgan fingerprint density at radius 3 is 2.80 bits per heavy atom. The first-order valence-corrected chi connectivity index (χ1v) is 8.29. The van der Waals surface area contributed by atoms with Crippen molar-refractivity contribution < 1.29 is 0 Å². The van der Waals surface area contributed by atoms with Gasteiger partial charge in [0.25, 0.3) is 0 Å². The molecule has 20 heavy (non-hydrogen) atoms. The van der Waals surface area contributed by atoms with Crippen molar-refractivity contribution in [2.24, 2.45) is 5.73 Å². The largest absolute Gasteiger partial charge is 0.327 e. The molecule has 1 fully saturated rings. The number of hydrogen-bond donors (Lipinski definition) is 1. The van der Waals surface area contributed by atoms with E-state index in [0.717, 1.165) is 12.8 Å². The van der Waals surface area contributed by atoms with Gasteiger partial charge < -0.3 is 5.73 Å². The lowest BCUT2D eigenvalue weighted by Crippen LogP contribution is -2.24. The number of nitrogens with zero attached hydrogens (tertiary/aromatic N) is 2. The number of rotatable bonds is 5. The van der Waals surface area contributed by atoms with Gasteiger partial charge in [0.2, 0.25) is 0 Å². The van der Waals surface area contributed by atoms with Crippen LogP contribution in [-0.2, 0) is 6.42 Å². The second-order valence-corrected chi connectivity index (χ2v) is 6.50. The Kier molecular flexibility index (Phi) is 4.56. The highest BCUT2D eigenvalue weighted by Gasteiger charge is 2.18. The molecule has 1 unspecified atom stereocenters. The molecule has 1 atom stereocenters. The number of aromatic nitrogens is 2. The molecule has 0 spiro atoms. The van der Waals surface area contributed by atoms with Crippen LogP contribution < -0.4 is 5.73 Å². The van der Waals surface area contributed by atoms with E-state index < -0.39 is 0 Å². The Morgan fingerprint density at radius 2 is 2.05 bits per heavy atom. The van der Waals surface area contributed by atoms with Crippen LogP contribution in [-0.4, -0.2) is 15.8 Å². The van der Waals surface area contributed by atoms with Crippen LogP contribution in [0.15, 0.2) is 23.9 Å². The summed E-state index contributed by atoms with van der Waals surface area (Å²) in [6.07, 6.45) is 17.0.